The minimum Gasteiger partial charge on any atom is -0.494 e. The molecule has 0 N–H and O–H groups in total. The van der Waals surface area contributed by atoms with E-state index in [0.29, 0.717) is 12.1 Å². The third kappa shape index (κ3) is 4.42. The van der Waals surface area contributed by atoms with E-state index in [4.69, 9.17) is 4.74 Å². The van der Waals surface area contributed by atoms with Gasteiger partial charge in [-0.05, 0) is 18.9 Å². The zero-order chi connectivity index (χ0) is 20.2. The van der Waals surface area contributed by atoms with Crippen LogP contribution in [0.5, 0.6) is 5.75 Å². The number of carbonyl (C=O) groups excluding carboxylic acids is 1. The maximum atomic E-state index is 14.0. The number of nitrogens with zero attached hydrogens (tertiary/aromatic N) is 5. The Morgan fingerprint density at radius 2 is 1.76 bits per heavy atom. The highest BCUT2D eigenvalue weighted by atomic mass is 19.1. The third-order valence-corrected chi connectivity index (χ3v) is 5.88. The Labute approximate surface area is 170 Å². The largest absolute Gasteiger partial charge is 0.494 e. The van der Waals surface area contributed by atoms with Crippen molar-refractivity contribution in [1.29, 1.82) is 0 Å². The molecule has 29 heavy (non-hydrogen) atoms. The molecule has 0 atom stereocenters. The highest BCUT2D eigenvalue weighted by Gasteiger charge is 2.24. The summed E-state index contributed by atoms with van der Waals surface area (Å²) >= 11 is 0. The maximum absolute atomic E-state index is 14.0. The van der Waals surface area contributed by atoms with Crippen LogP contribution in [0.15, 0.2) is 18.5 Å². The zero-order valence-electron chi connectivity index (χ0n) is 16.9. The predicted molar refractivity (Wildman–Crippen MR) is 110 cm³/mol. The summed E-state index contributed by atoms with van der Waals surface area (Å²) in [5.74, 6) is 0.788. The summed E-state index contributed by atoms with van der Waals surface area (Å²) in [6, 6.07) is 3.05. The minimum atomic E-state index is -0.429. The Kier molecular flexibility index (Phi) is 6.08. The summed E-state index contributed by atoms with van der Waals surface area (Å²) < 4.78 is 19.1. The molecule has 7 nitrogen and oxygen atoms in total. The number of halogens is 1. The number of aromatic nitrogens is 2. The molecular weight excluding hydrogens is 373 g/mol. The van der Waals surface area contributed by atoms with Gasteiger partial charge in [-0.3, -0.25) is 9.69 Å². The lowest BCUT2D eigenvalue weighted by atomic mass is 10.2. The number of hydrogen-bond acceptors (Lipinski definition) is 6. The highest BCUT2D eigenvalue weighted by molar-refractivity contribution is 5.90. The van der Waals surface area contributed by atoms with Crippen molar-refractivity contribution >= 4 is 22.6 Å². The van der Waals surface area contributed by atoms with E-state index in [0.717, 1.165) is 63.3 Å². The van der Waals surface area contributed by atoms with E-state index in [1.165, 1.54) is 32.3 Å². The van der Waals surface area contributed by atoms with E-state index < -0.39 is 5.82 Å². The quantitative estimate of drug-likeness (QED) is 0.784. The van der Waals surface area contributed by atoms with Gasteiger partial charge in [-0.25, -0.2) is 14.4 Å². The molecule has 0 unspecified atom stereocenters. The number of amides is 1. The van der Waals surface area contributed by atoms with Gasteiger partial charge in [0.05, 0.1) is 19.2 Å². The normalized spacial score (nSPS) is 18.7. The average Bonchev–Trinajstić information content (AvgIpc) is 3.03. The van der Waals surface area contributed by atoms with Gasteiger partial charge < -0.3 is 14.5 Å². The summed E-state index contributed by atoms with van der Waals surface area (Å²) in [7, 11) is 1.45. The van der Waals surface area contributed by atoms with E-state index >= 15 is 0 Å². The van der Waals surface area contributed by atoms with Crippen LogP contribution in [0.1, 0.15) is 25.7 Å². The first kappa shape index (κ1) is 19.8. The SMILES string of the molecule is COc1cc2c(N3CCN(CC(=O)N4CCCCCC4)CC3)ncnc2cc1F. The molecule has 2 fully saturated rings. The van der Waals surface area contributed by atoms with Gasteiger partial charge in [0.25, 0.3) is 0 Å². The van der Waals surface area contributed by atoms with Crippen molar-refractivity contribution in [3.05, 3.63) is 24.3 Å². The first-order chi connectivity index (χ1) is 14.2. The molecule has 0 aliphatic carbocycles. The van der Waals surface area contributed by atoms with Crippen LogP contribution in [0.4, 0.5) is 10.2 Å². The Balaban J connectivity index is 1.41. The number of ether oxygens (including phenoxy) is 1. The molecule has 2 aliphatic rings. The smallest absolute Gasteiger partial charge is 0.236 e. The number of hydrogen-bond donors (Lipinski definition) is 0. The number of rotatable bonds is 4. The molecule has 2 saturated heterocycles. The molecule has 156 valence electrons. The molecular formula is C21H28FN5O2. The fourth-order valence-electron chi connectivity index (χ4n) is 4.18. The van der Waals surface area contributed by atoms with Crippen LogP contribution in [-0.4, -0.2) is 78.6 Å². The van der Waals surface area contributed by atoms with Crippen LogP contribution in [0.25, 0.3) is 10.9 Å². The van der Waals surface area contributed by atoms with Gasteiger partial charge in [-0.1, -0.05) is 12.8 Å². The average molecular weight is 401 g/mol. The fraction of sp³-hybridized carbons (Fsp3) is 0.571. The fourth-order valence-corrected chi connectivity index (χ4v) is 4.18. The number of piperazine rings is 1. The van der Waals surface area contributed by atoms with Gasteiger partial charge in [-0.15, -0.1) is 0 Å². The standard InChI is InChI=1S/C21H28FN5O2/c1-29-19-12-16-18(13-17(19)22)23-15-24-21(16)27-10-8-25(9-11-27)14-20(28)26-6-4-2-3-5-7-26/h12-13,15H,2-11,14H2,1H3. The molecule has 4 rings (SSSR count). The molecule has 8 heteroatoms. The third-order valence-electron chi connectivity index (χ3n) is 5.88. The first-order valence-corrected chi connectivity index (χ1v) is 10.4. The Morgan fingerprint density at radius 1 is 1.03 bits per heavy atom. The second-order valence-corrected chi connectivity index (χ2v) is 7.76. The van der Waals surface area contributed by atoms with Crippen molar-refractivity contribution in [3.8, 4) is 5.75 Å². The number of anilines is 1. The van der Waals surface area contributed by atoms with E-state index in [1.54, 1.807) is 6.07 Å². The number of benzene rings is 1. The molecule has 0 saturated carbocycles. The molecule has 1 amide bonds. The Bertz CT molecular complexity index is 862. The molecule has 2 aromatic rings. The zero-order valence-corrected chi connectivity index (χ0v) is 16.9. The van der Waals surface area contributed by atoms with Gasteiger partial charge in [0.1, 0.15) is 12.1 Å². The van der Waals surface area contributed by atoms with Crippen LogP contribution < -0.4 is 9.64 Å². The number of methoxy groups -OCH3 is 1. The summed E-state index contributed by atoms with van der Waals surface area (Å²) in [6.07, 6.45) is 6.15. The second kappa shape index (κ2) is 8.90. The van der Waals surface area contributed by atoms with Gasteiger partial charge in [0, 0.05) is 50.7 Å². The van der Waals surface area contributed by atoms with Crippen LogP contribution in [0.3, 0.4) is 0 Å². The van der Waals surface area contributed by atoms with E-state index in [9.17, 15) is 9.18 Å². The second-order valence-electron chi connectivity index (χ2n) is 7.76. The molecule has 2 aliphatic heterocycles. The van der Waals surface area contributed by atoms with Gasteiger partial charge in [0.2, 0.25) is 5.91 Å². The monoisotopic (exact) mass is 401 g/mol. The topological polar surface area (TPSA) is 61.8 Å². The molecule has 1 aromatic heterocycles. The molecule has 0 bridgehead atoms. The van der Waals surface area contributed by atoms with Crippen molar-refractivity contribution < 1.29 is 13.9 Å². The Hall–Kier alpha value is -2.48. The van der Waals surface area contributed by atoms with E-state index in [-0.39, 0.29) is 11.7 Å². The lowest BCUT2D eigenvalue weighted by Gasteiger charge is -2.36. The van der Waals surface area contributed by atoms with Crippen molar-refractivity contribution in [1.82, 2.24) is 19.8 Å². The lowest BCUT2D eigenvalue weighted by Crippen LogP contribution is -2.50. The first-order valence-electron chi connectivity index (χ1n) is 10.4. The van der Waals surface area contributed by atoms with Crippen LogP contribution in [0.2, 0.25) is 0 Å². The van der Waals surface area contributed by atoms with E-state index in [2.05, 4.69) is 19.8 Å². The predicted octanol–water partition coefficient (Wildman–Crippen LogP) is 2.30. The van der Waals surface area contributed by atoms with Gasteiger partial charge in [-0.2, -0.15) is 0 Å². The van der Waals surface area contributed by atoms with Crippen molar-refractivity contribution in [2.75, 3.05) is 57.8 Å². The minimum absolute atomic E-state index is 0.190. The highest BCUT2D eigenvalue weighted by Crippen LogP contribution is 2.29. The summed E-state index contributed by atoms with van der Waals surface area (Å²) in [6.45, 7) is 5.39. The van der Waals surface area contributed by atoms with Crippen molar-refractivity contribution in [2.45, 2.75) is 25.7 Å². The van der Waals surface area contributed by atoms with Crippen LogP contribution >= 0.6 is 0 Å². The molecule has 3 heterocycles. The van der Waals surface area contributed by atoms with Gasteiger partial charge >= 0.3 is 0 Å². The summed E-state index contributed by atoms with van der Waals surface area (Å²) in [5.41, 5.74) is 0.562. The molecule has 0 spiro atoms. The number of carbonyl (C=O) groups is 1. The molecule has 1 aromatic carbocycles. The van der Waals surface area contributed by atoms with Crippen LogP contribution in [0, 0.1) is 5.82 Å². The molecule has 0 radical (unpaired) electrons. The van der Waals surface area contributed by atoms with Crippen LogP contribution in [-0.2, 0) is 4.79 Å². The number of fused-ring (bicyclic) bond motifs is 1. The summed E-state index contributed by atoms with van der Waals surface area (Å²) in [4.78, 5) is 27.7. The van der Waals surface area contributed by atoms with E-state index in [1.807, 2.05) is 4.90 Å². The summed E-state index contributed by atoms with van der Waals surface area (Å²) in [5, 5.41) is 0.778. The van der Waals surface area contributed by atoms with Crippen molar-refractivity contribution in [2.24, 2.45) is 0 Å². The Morgan fingerprint density at radius 3 is 2.45 bits per heavy atom. The van der Waals surface area contributed by atoms with Crippen molar-refractivity contribution in [3.63, 3.8) is 0 Å². The lowest BCUT2D eigenvalue weighted by molar-refractivity contribution is -0.132. The van der Waals surface area contributed by atoms with Gasteiger partial charge in [0.15, 0.2) is 11.6 Å². The number of likely N-dealkylation sites (tertiary alicyclic amines) is 1. The maximum Gasteiger partial charge on any atom is 0.236 e.